The first-order valence-corrected chi connectivity index (χ1v) is 10.1. The third-order valence-electron chi connectivity index (χ3n) is 4.66. The number of thiazole rings is 1. The van der Waals surface area contributed by atoms with E-state index in [1.807, 2.05) is 17.5 Å². The van der Waals surface area contributed by atoms with Crippen LogP contribution in [0.2, 0.25) is 10.0 Å². The third kappa shape index (κ3) is 3.39. The van der Waals surface area contributed by atoms with Gasteiger partial charge in [-0.05, 0) is 36.8 Å². The van der Waals surface area contributed by atoms with Crippen LogP contribution in [0.15, 0.2) is 53.9 Å². The number of benzene rings is 2. The molecule has 1 unspecified atom stereocenters. The highest BCUT2D eigenvalue weighted by Gasteiger charge is 2.49. The summed E-state index contributed by atoms with van der Waals surface area (Å²) in [6.07, 6.45) is 0. The number of urea groups is 1. The largest absolute Gasteiger partial charge is 0.325 e. The van der Waals surface area contributed by atoms with E-state index in [4.69, 9.17) is 23.2 Å². The Morgan fingerprint density at radius 3 is 2.29 bits per heavy atom. The van der Waals surface area contributed by atoms with Crippen LogP contribution in [0.3, 0.4) is 0 Å². The van der Waals surface area contributed by atoms with Gasteiger partial charge in [0.15, 0.2) is 0 Å². The number of aromatic nitrogens is 1. The van der Waals surface area contributed by atoms with E-state index in [9.17, 15) is 9.59 Å². The van der Waals surface area contributed by atoms with Crippen LogP contribution in [-0.2, 0) is 16.9 Å². The first-order valence-electron chi connectivity index (χ1n) is 8.47. The Morgan fingerprint density at radius 2 is 1.64 bits per heavy atom. The van der Waals surface area contributed by atoms with Crippen molar-refractivity contribution in [1.29, 1.82) is 0 Å². The van der Waals surface area contributed by atoms with Crippen molar-refractivity contribution >= 4 is 46.5 Å². The molecule has 142 valence electrons. The predicted molar refractivity (Wildman–Crippen MR) is 110 cm³/mol. The first-order chi connectivity index (χ1) is 13.4. The third-order valence-corrected chi connectivity index (χ3v) is 6.10. The van der Waals surface area contributed by atoms with Crippen molar-refractivity contribution in [3.05, 3.63) is 75.2 Å². The van der Waals surface area contributed by atoms with Crippen LogP contribution in [0.1, 0.15) is 18.2 Å². The number of carbonyl (C=O) groups is 2. The smallest absolute Gasteiger partial charge is 0.319 e. The summed E-state index contributed by atoms with van der Waals surface area (Å²) < 4.78 is 0. The van der Waals surface area contributed by atoms with Gasteiger partial charge >= 0.3 is 6.03 Å². The Balaban J connectivity index is 1.55. The summed E-state index contributed by atoms with van der Waals surface area (Å²) >= 11 is 13.3. The molecule has 1 aliphatic rings. The number of hydrogen-bond donors (Lipinski definition) is 1. The van der Waals surface area contributed by atoms with Crippen molar-refractivity contribution in [1.82, 2.24) is 15.2 Å². The quantitative estimate of drug-likeness (QED) is 0.585. The molecule has 1 atom stereocenters. The van der Waals surface area contributed by atoms with Gasteiger partial charge in [0.05, 0.1) is 12.2 Å². The second-order valence-corrected chi connectivity index (χ2v) is 8.34. The zero-order valence-electron chi connectivity index (χ0n) is 14.8. The van der Waals surface area contributed by atoms with E-state index >= 15 is 0 Å². The summed E-state index contributed by atoms with van der Waals surface area (Å²) in [6, 6.07) is 13.8. The van der Waals surface area contributed by atoms with Crippen molar-refractivity contribution < 1.29 is 9.59 Å². The fourth-order valence-electron chi connectivity index (χ4n) is 3.09. The maximum Gasteiger partial charge on any atom is 0.325 e. The first kappa shape index (κ1) is 18.9. The highest BCUT2D eigenvalue weighted by atomic mass is 35.5. The molecule has 4 rings (SSSR count). The van der Waals surface area contributed by atoms with Crippen molar-refractivity contribution in [2.24, 2.45) is 0 Å². The molecule has 2 aromatic carbocycles. The van der Waals surface area contributed by atoms with E-state index in [-0.39, 0.29) is 12.5 Å². The molecule has 0 saturated carbocycles. The van der Waals surface area contributed by atoms with E-state index in [1.54, 1.807) is 43.3 Å². The van der Waals surface area contributed by atoms with Crippen molar-refractivity contribution in [3.8, 4) is 10.6 Å². The summed E-state index contributed by atoms with van der Waals surface area (Å²) in [5.41, 5.74) is 1.14. The minimum atomic E-state index is -1.13. The number of nitrogens with one attached hydrogen (secondary N) is 1. The average Bonchev–Trinajstić information content (AvgIpc) is 3.22. The zero-order chi connectivity index (χ0) is 19.9. The second-order valence-electron chi connectivity index (χ2n) is 6.60. The highest BCUT2D eigenvalue weighted by Crippen LogP contribution is 2.31. The molecule has 2 heterocycles. The Labute approximate surface area is 175 Å². The standard InChI is InChI=1S/C20H15Cl2N3O2S/c1-20(13-4-8-15(22)9-5-13)18(26)25(19(27)24-20)10-16-11-28-17(23-16)12-2-6-14(21)7-3-12/h2-9,11H,10H2,1H3,(H,24,27). The lowest BCUT2D eigenvalue weighted by molar-refractivity contribution is -0.131. The van der Waals surface area contributed by atoms with E-state index < -0.39 is 11.6 Å². The van der Waals surface area contributed by atoms with Gasteiger partial charge in [-0.15, -0.1) is 11.3 Å². The van der Waals surface area contributed by atoms with Crippen molar-refractivity contribution in [2.45, 2.75) is 19.0 Å². The minimum Gasteiger partial charge on any atom is -0.319 e. The molecule has 1 aromatic heterocycles. The van der Waals surface area contributed by atoms with Crippen LogP contribution in [0, 0.1) is 0 Å². The van der Waals surface area contributed by atoms with Crippen molar-refractivity contribution in [2.75, 3.05) is 0 Å². The number of amides is 3. The molecule has 28 heavy (non-hydrogen) atoms. The predicted octanol–water partition coefficient (Wildman–Crippen LogP) is 5.08. The molecule has 3 aromatic rings. The van der Waals surface area contributed by atoms with Crippen LogP contribution in [-0.4, -0.2) is 21.8 Å². The molecule has 0 bridgehead atoms. The van der Waals surface area contributed by atoms with Gasteiger partial charge in [0, 0.05) is 21.0 Å². The monoisotopic (exact) mass is 431 g/mol. The molecule has 3 amide bonds. The van der Waals surface area contributed by atoms with Gasteiger partial charge in [-0.25, -0.2) is 9.78 Å². The van der Waals surface area contributed by atoms with Crippen LogP contribution >= 0.6 is 34.5 Å². The molecule has 1 aliphatic heterocycles. The van der Waals surface area contributed by atoms with Gasteiger partial charge in [-0.1, -0.05) is 47.5 Å². The number of rotatable bonds is 4. The fraction of sp³-hybridized carbons (Fsp3) is 0.150. The lowest BCUT2D eigenvalue weighted by Crippen LogP contribution is -2.40. The van der Waals surface area contributed by atoms with Gasteiger partial charge in [0.25, 0.3) is 5.91 Å². The summed E-state index contributed by atoms with van der Waals surface area (Å²) in [6.45, 7) is 1.80. The Kier molecular flexibility index (Phi) is 4.87. The highest BCUT2D eigenvalue weighted by molar-refractivity contribution is 7.13. The summed E-state index contributed by atoms with van der Waals surface area (Å²) in [5.74, 6) is -0.319. The summed E-state index contributed by atoms with van der Waals surface area (Å²) in [5, 5.41) is 6.66. The topological polar surface area (TPSA) is 62.3 Å². The normalized spacial score (nSPS) is 19.2. The number of hydrogen-bond acceptors (Lipinski definition) is 4. The maximum atomic E-state index is 13.0. The summed E-state index contributed by atoms with van der Waals surface area (Å²) in [4.78, 5) is 31.2. The molecule has 8 heteroatoms. The maximum absolute atomic E-state index is 13.0. The number of carbonyl (C=O) groups excluding carboxylic acids is 2. The molecule has 1 fully saturated rings. The molecular weight excluding hydrogens is 417 g/mol. The van der Waals surface area contributed by atoms with E-state index in [1.165, 1.54) is 16.2 Å². The van der Waals surface area contributed by atoms with Crippen LogP contribution in [0.25, 0.3) is 10.6 Å². The Hall–Kier alpha value is -2.41. The van der Waals surface area contributed by atoms with E-state index in [0.717, 1.165) is 10.6 Å². The lowest BCUT2D eigenvalue weighted by atomic mass is 9.92. The number of halogens is 2. The Morgan fingerprint density at radius 1 is 1.04 bits per heavy atom. The Bertz CT molecular complexity index is 1050. The molecule has 0 radical (unpaired) electrons. The summed E-state index contributed by atoms with van der Waals surface area (Å²) in [7, 11) is 0. The molecular formula is C20H15Cl2N3O2S. The van der Waals surface area contributed by atoms with Gasteiger partial charge in [-0.3, -0.25) is 9.69 Å². The van der Waals surface area contributed by atoms with Crippen LogP contribution in [0.5, 0.6) is 0 Å². The zero-order valence-corrected chi connectivity index (χ0v) is 17.1. The fourth-order valence-corrected chi connectivity index (χ4v) is 4.16. The minimum absolute atomic E-state index is 0.109. The second kappa shape index (κ2) is 7.20. The van der Waals surface area contributed by atoms with E-state index in [2.05, 4.69) is 10.3 Å². The van der Waals surface area contributed by atoms with Gasteiger partial charge in [0.2, 0.25) is 0 Å². The molecule has 1 N–H and O–H groups in total. The van der Waals surface area contributed by atoms with Crippen LogP contribution in [0.4, 0.5) is 4.79 Å². The van der Waals surface area contributed by atoms with Gasteiger partial charge in [-0.2, -0.15) is 0 Å². The average molecular weight is 432 g/mol. The van der Waals surface area contributed by atoms with Gasteiger partial charge in [0.1, 0.15) is 10.5 Å². The molecule has 0 spiro atoms. The van der Waals surface area contributed by atoms with Crippen LogP contribution < -0.4 is 5.32 Å². The SMILES string of the molecule is CC1(c2ccc(Cl)cc2)NC(=O)N(Cc2csc(-c3ccc(Cl)cc3)n2)C1=O. The molecule has 1 saturated heterocycles. The van der Waals surface area contributed by atoms with E-state index in [0.29, 0.717) is 21.3 Å². The number of imide groups is 1. The lowest BCUT2D eigenvalue weighted by Gasteiger charge is -2.22. The molecule has 0 aliphatic carbocycles. The van der Waals surface area contributed by atoms with Gasteiger partial charge < -0.3 is 5.32 Å². The molecule has 5 nitrogen and oxygen atoms in total. The van der Waals surface area contributed by atoms with Crippen molar-refractivity contribution in [3.63, 3.8) is 0 Å². The number of nitrogens with zero attached hydrogens (tertiary/aromatic N) is 2.